The van der Waals surface area contributed by atoms with Crippen molar-refractivity contribution in [1.29, 1.82) is 0 Å². The summed E-state index contributed by atoms with van der Waals surface area (Å²) in [7, 11) is 1.20. The Morgan fingerprint density at radius 1 is 1.36 bits per heavy atom. The molecule has 0 fully saturated rings. The molecule has 1 aromatic carbocycles. The zero-order valence-corrected chi connectivity index (χ0v) is 10.8. The number of halogens is 3. The fourth-order valence-electron chi connectivity index (χ4n) is 0.819. The minimum atomic E-state index is -0.839. The van der Waals surface area contributed by atoms with Crippen molar-refractivity contribution in [2.45, 2.75) is 0 Å². The summed E-state index contributed by atoms with van der Waals surface area (Å²) in [5.74, 6) is -1.80. The van der Waals surface area contributed by atoms with Crippen LogP contribution in [0.5, 0.6) is 5.75 Å². The first-order chi connectivity index (χ1) is 5.69. The van der Waals surface area contributed by atoms with Gasteiger partial charge in [0.15, 0.2) is 17.9 Å². The predicted octanol–water partition coefficient (Wildman–Crippen LogP) is -4.21. The van der Waals surface area contributed by atoms with Crippen LogP contribution >= 0.6 is 0 Å². The normalized spacial score (nSPS) is 8.21. The summed E-state index contributed by atoms with van der Waals surface area (Å²) in [6.45, 7) is 0. The zero-order chi connectivity index (χ0) is 9.14. The van der Waals surface area contributed by atoms with E-state index in [9.17, 15) is 13.6 Å². The van der Waals surface area contributed by atoms with E-state index in [4.69, 9.17) is 0 Å². The number of rotatable bonds is 2. The molecule has 2 nitrogen and oxygen atoms in total. The first-order valence-corrected chi connectivity index (χ1v) is 3.17. The van der Waals surface area contributed by atoms with Gasteiger partial charge in [0.05, 0.1) is 12.7 Å². The topological polar surface area (TPSA) is 26.3 Å². The Hall–Kier alpha value is 0.116. The number of hydrogen-bond acceptors (Lipinski definition) is 2. The van der Waals surface area contributed by atoms with Crippen LogP contribution in [-0.2, 0) is 0 Å². The smallest absolute Gasteiger partial charge is 1.00 e. The molecule has 6 heteroatoms. The van der Waals surface area contributed by atoms with Gasteiger partial charge in [-0.2, -0.15) is 0 Å². The fraction of sp³-hybridized carbons (Fsp3) is 0.125. The molecule has 0 N–H and O–H groups in total. The maximum atomic E-state index is 12.9. The van der Waals surface area contributed by atoms with E-state index in [2.05, 4.69) is 4.74 Å². The summed E-state index contributed by atoms with van der Waals surface area (Å²) >= 11 is 0. The van der Waals surface area contributed by atoms with Gasteiger partial charge in [0.1, 0.15) is 5.82 Å². The summed E-state index contributed by atoms with van der Waals surface area (Å²) in [5, 5.41) is 0. The molecule has 14 heavy (non-hydrogen) atoms. The van der Waals surface area contributed by atoms with E-state index in [1.165, 1.54) is 7.11 Å². The molecule has 0 atom stereocenters. The largest absolute Gasteiger partial charge is 1.00 e. The molecule has 0 heterocycles. The Morgan fingerprint density at radius 3 is 2.36 bits per heavy atom. The van der Waals surface area contributed by atoms with Crippen molar-refractivity contribution in [3.8, 4) is 5.75 Å². The summed E-state index contributed by atoms with van der Waals surface area (Å²) < 4.78 is 30.0. The van der Waals surface area contributed by atoms with Crippen LogP contribution in [0, 0.1) is 11.6 Å². The van der Waals surface area contributed by atoms with Gasteiger partial charge < -0.3 is 9.44 Å². The third-order valence-electron chi connectivity index (χ3n) is 1.38. The Labute approximate surface area is 121 Å². The van der Waals surface area contributed by atoms with Gasteiger partial charge in [-0.1, -0.05) is 0 Å². The van der Waals surface area contributed by atoms with Crippen LogP contribution in [0.25, 0.3) is 0 Å². The second kappa shape index (κ2) is 7.41. The molecule has 0 aliphatic carbocycles. The van der Waals surface area contributed by atoms with Gasteiger partial charge in [-0.25, -0.2) is 8.78 Å². The van der Waals surface area contributed by atoms with Gasteiger partial charge in [-0.15, -0.1) is 0 Å². The quantitative estimate of drug-likeness (QED) is 0.380. The maximum absolute atomic E-state index is 12.9. The number of ether oxygens (including phenoxy) is 1. The van der Waals surface area contributed by atoms with Crippen molar-refractivity contribution in [3.05, 3.63) is 29.3 Å². The molecule has 0 saturated carbocycles. The summed E-state index contributed by atoms with van der Waals surface area (Å²) in [6, 6.07) is 1.69. The molecular formula is C8H6F3KO2. The molecule has 1 rings (SSSR count). The van der Waals surface area contributed by atoms with E-state index in [0.717, 1.165) is 12.1 Å². The van der Waals surface area contributed by atoms with Crippen LogP contribution in [0.2, 0.25) is 0 Å². The van der Waals surface area contributed by atoms with Gasteiger partial charge in [0, 0.05) is 6.07 Å². The van der Waals surface area contributed by atoms with Crippen LogP contribution in [0.3, 0.4) is 0 Å². The molecule has 0 unspecified atom stereocenters. The number of methoxy groups -OCH3 is 1. The van der Waals surface area contributed by atoms with Crippen LogP contribution in [0.15, 0.2) is 12.1 Å². The van der Waals surface area contributed by atoms with E-state index >= 15 is 0 Å². The Balaban J connectivity index is 0. The zero-order valence-electron chi connectivity index (χ0n) is 7.68. The number of benzene rings is 1. The molecule has 0 radical (unpaired) electrons. The van der Waals surface area contributed by atoms with E-state index in [-0.39, 0.29) is 73.7 Å². The molecule has 0 spiro atoms. The van der Waals surface area contributed by atoms with E-state index < -0.39 is 11.6 Å². The van der Waals surface area contributed by atoms with E-state index in [1.54, 1.807) is 0 Å². The van der Waals surface area contributed by atoms with Gasteiger partial charge in [0.2, 0.25) is 0 Å². The first kappa shape index (κ1) is 16.5. The standard InChI is InChI=1S/C8H6F2O2.FH.K/c1-12-7-3-6(9)2-5(4-11)8(7)10;;/h2-4H,1H3;1H;/q;;+1/p-1. The number of carbonyl (C=O) groups is 1. The monoisotopic (exact) mass is 230 g/mol. The number of carbonyl (C=O) groups excluding carboxylic acids is 1. The minimum Gasteiger partial charge on any atom is -1.00 e. The number of aldehydes is 1. The molecule has 0 aliphatic heterocycles. The van der Waals surface area contributed by atoms with Crippen LogP contribution in [0.1, 0.15) is 10.4 Å². The molecule has 0 amide bonds. The average Bonchev–Trinajstić information content (AvgIpc) is 2.08. The maximum Gasteiger partial charge on any atom is 1.00 e. The van der Waals surface area contributed by atoms with Crippen LogP contribution in [0.4, 0.5) is 8.78 Å². The van der Waals surface area contributed by atoms with Crippen molar-refractivity contribution in [3.63, 3.8) is 0 Å². The molecule has 0 aliphatic rings. The summed E-state index contributed by atoms with van der Waals surface area (Å²) in [6.07, 6.45) is 0.237. The Bertz CT molecular complexity index is 318. The average molecular weight is 230 g/mol. The van der Waals surface area contributed by atoms with Crippen molar-refractivity contribution in [2.75, 3.05) is 7.11 Å². The van der Waals surface area contributed by atoms with Crippen LogP contribution in [-0.4, -0.2) is 13.4 Å². The Morgan fingerprint density at radius 2 is 1.93 bits per heavy atom. The van der Waals surface area contributed by atoms with Crippen molar-refractivity contribution < 1.29 is 74.4 Å². The number of hydrogen-bond donors (Lipinski definition) is 0. The SMILES string of the molecule is COc1cc(F)cc(C=O)c1F.[F-].[K+]. The third-order valence-corrected chi connectivity index (χ3v) is 1.38. The molecular weight excluding hydrogens is 224 g/mol. The van der Waals surface area contributed by atoms with Crippen molar-refractivity contribution >= 4 is 6.29 Å². The van der Waals surface area contributed by atoms with E-state index in [1.807, 2.05) is 0 Å². The van der Waals surface area contributed by atoms with Crippen molar-refractivity contribution in [1.82, 2.24) is 0 Å². The second-order valence-corrected chi connectivity index (χ2v) is 2.13. The fourth-order valence-corrected chi connectivity index (χ4v) is 0.819. The van der Waals surface area contributed by atoms with Crippen molar-refractivity contribution in [2.24, 2.45) is 0 Å². The predicted molar refractivity (Wildman–Crippen MR) is 38.3 cm³/mol. The second-order valence-electron chi connectivity index (χ2n) is 2.13. The molecule has 0 saturated heterocycles. The summed E-state index contributed by atoms with van der Waals surface area (Å²) in [5.41, 5.74) is -0.341. The van der Waals surface area contributed by atoms with E-state index in [0.29, 0.717) is 0 Å². The molecule has 1 aromatic rings. The third kappa shape index (κ3) is 3.70. The summed E-state index contributed by atoms with van der Waals surface area (Å²) in [4.78, 5) is 10.2. The van der Waals surface area contributed by atoms with Gasteiger partial charge in [-0.05, 0) is 6.07 Å². The first-order valence-electron chi connectivity index (χ1n) is 3.17. The minimum absolute atomic E-state index is 0. The molecule has 0 bridgehead atoms. The van der Waals surface area contributed by atoms with Crippen LogP contribution < -0.4 is 60.8 Å². The van der Waals surface area contributed by atoms with Gasteiger partial charge >= 0.3 is 51.4 Å². The Kier molecular flexibility index (Phi) is 8.76. The van der Waals surface area contributed by atoms with Gasteiger partial charge in [-0.3, -0.25) is 4.79 Å². The van der Waals surface area contributed by atoms with Gasteiger partial charge in [0.25, 0.3) is 0 Å². The molecule has 0 aromatic heterocycles. The molecule has 72 valence electrons.